The summed E-state index contributed by atoms with van der Waals surface area (Å²) in [6.07, 6.45) is -0.498. The molecule has 5 nitrogen and oxygen atoms in total. The number of hydrogen-bond acceptors (Lipinski definition) is 4. The molecule has 0 saturated carbocycles. The van der Waals surface area contributed by atoms with E-state index in [2.05, 4.69) is 11.4 Å². The molecule has 0 spiro atoms. The summed E-state index contributed by atoms with van der Waals surface area (Å²) in [4.78, 5) is 11.6. The molecule has 2 atom stereocenters. The van der Waals surface area contributed by atoms with Crippen molar-refractivity contribution >= 4 is 11.6 Å². The third-order valence-corrected chi connectivity index (χ3v) is 3.36. The molecule has 1 aliphatic rings. The van der Waals surface area contributed by atoms with Crippen molar-refractivity contribution in [1.29, 1.82) is 5.26 Å². The van der Waals surface area contributed by atoms with E-state index in [-0.39, 0.29) is 5.91 Å². The Labute approximate surface area is 112 Å². The number of nitriles is 1. The Morgan fingerprint density at radius 3 is 2.84 bits per heavy atom. The molecule has 1 heterocycles. The molecular weight excluding hydrogens is 242 g/mol. The van der Waals surface area contributed by atoms with E-state index >= 15 is 0 Å². The molecule has 0 bridgehead atoms. The number of amides is 1. The van der Waals surface area contributed by atoms with Crippen molar-refractivity contribution in [3.8, 4) is 11.8 Å². The van der Waals surface area contributed by atoms with Crippen molar-refractivity contribution in [2.75, 3.05) is 5.32 Å². The maximum Gasteiger partial charge on any atom is 0.265 e. The Kier molecular flexibility index (Phi) is 3.21. The summed E-state index contributed by atoms with van der Waals surface area (Å²) in [6.45, 7) is 5.26. The first-order valence-corrected chi connectivity index (χ1v) is 6.13. The van der Waals surface area contributed by atoms with Crippen LogP contribution in [0, 0.1) is 16.7 Å². The maximum absolute atomic E-state index is 11.6. The molecule has 0 fully saturated rings. The monoisotopic (exact) mass is 259 g/mol. The summed E-state index contributed by atoms with van der Waals surface area (Å²) < 4.78 is 5.47. The Hall–Kier alpha value is -2.06. The number of hydrogen-bond donors (Lipinski definition) is 2. The quantitative estimate of drug-likeness (QED) is 0.849. The van der Waals surface area contributed by atoms with Gasteiger partial charge in [0.15, 0.2) is 6.10 Å². The predicted molar refractivity (Wildman–Crippen MR) is 71.5 cm³/mol. The fourth-order valence-corrected chi connectivity index (χ4v) is 1.91. The highest BCUT2D eigenvalue weighted by Gasteiger charge is 2.29. The molecule has 0 aliphatic carbocycles. The van der Waals surface area contributed by atoms with Crippen LogP contribution in [0.1, 0.15) is 32.4 Å². The van der Waals surface area contributed by atoms with Crippen LogP contribution in [0.2, 0.25) is 0 Å². The summed E-state index contributed by atoms with van der Waals surface area (Å²) >= 11 is 0. The second-order valence-electron chi connectivity index (χ2n) is 5.32. The summed E-state index contributed by atoms with van der Waals surface area (Å²) in [7, 11) is 0. The first-order chi connectivity index (χ1) is 8.85. The van der Waals surface area contributed by atoms with Crippen molar-refractivity contribution in [2.24, 2.45) is 11.1 Å². The highest BCUT2D eigenvalue weighted by atomic mass is 16.5. The van der Waals surface area contributed by atoms with Gasteiger partial charge in [0.1, 0.15) is 5.75 Å². The smallest absolute Gasteiger partial charge is 0.265 e. The van der Waals surface area contributed by atoms with E-state index in [1.807, 2.05) is 6.07 Å². The highest BCUT2D eigenvalue weighted by molar-refractivity contribution is 5.97. The maximum atomic E-state index is 11.6. The van der Waals surface area contributed by atoms with E-state index in [1.54, 1.807) is 32.9 Å². The van der Waals surface area contributed by atoms with Gasteiger partial charge in [-0.25, -0.2) is 0 Å². The van der Waals surface area contributed by atoms with Gasteiger partial charge in [-0.15, -0.1) is 0 Å². The number of fused-ring (bicyclic) bond motifs is 1. The van der Waals surface area contributed by atoms with E-state index in [4.69, 9.17) is 15.7 Å². The second-order valence-corrected chi connectivity index (χ2v) is 5.32. The zero-order valence-corrected chi connectivity index (χ0v) is 11.2. The fourth-order valence-electron chi connectivity index (χ4n) is 1.91. The largest absolute Gasteiger partial charge is 0.479 e. The molecular formula is C14H17N3O2. The standard InChI is InChI=1S/C14H17N3O2/c1-8-13(18)17-10-6-9(4-5-11(10)19-8)12(16)14(2,3)7-15/h4-6,8,12H,16H2,1-3H3,(H,17,18). The van der Waals surface area contributed by atoms with Crippen molar-refractivity contribution in [2.45, 2.75) is 32.9 Å². The second kappa shape index (κ2) is 4.56. The summed E-state index contributed by atoms with van der Waals surface area (Å²) in [5, 5.41) is 11.9. The van der Waals surface area contributed by atoms with Gasteiger partial charge in [0.25, 0.3) is 5.91 Å². The minimum absolute atomic E-state index is 0.183. The highest BCUT2D eigenvalue weighted by Crippen LogP contribution is 2.36. The van der Waals surface area contributed by atoms with E-state index in [9.17, 15) is 4.79 Å². The molecule has 100 valence electrons. The van der Waals surface area contributed by atoms with Crippen LogP contribution in [0.3, 0.4) is 0 Å². The minimum atomic E-state index is -0.680. The molecule has 1 aromatic rings. The first kappa shape index (κ1) is 13.4. The zero-order chi connectivity index (χ0) is 14.2. The normalized spacial score (nSPS) is 19.7. The molecule has 0 radical (unpaired) electrons. The van der Waals surface area contributed by atoms with Gasteiger partial charge >= 0.3 is 0 Å². The van der Waals surface area contributed by atoms with Gasteiger partial charge in [-0.2, -0.15) is 5.26 Å². The van der Waals surface area contributed by atoms with Gasteiger partial charge < -0.3 is 15.8 Å². The summed E-state index contributed by atoms with van der Waals surface area (Å²) in [5.41, 5.74) is 6.82. The third kappa shape index (κ3) is 2.40. The van der Waals surface area contributed by atoms with Crippen LogP contribution in [0.4, 0.5) is 5.69 Å². The molecule has 0 aromatic heterocycles. The predicted octanol–water partition coefficient (Wildman–Crippen LogP) is 1.96. The third-order valence-electron chi connectivity index (χ3n) is 3.36. The summed E-state index contributed by atoms with van der Waals surface area (Å²) in [5.74, 6) is 0.440. The number of rotatable bonds is 2. The molecule has 1 aromatic carbocycles. The van der Waals surface area contributed by atoms with Crippen molar-refractivity contribution < 1.29 is 9.53 Å². The number of nitrogens with one attached hydrogen (secondary N) is 1. The van der Waals surface area contributed by atoms with Gasteiger partial charge in [0.05, 0.1) is 17.2 Å². The number of carbonyl (C=O) groups is 1. The zero-order valence-electron chi connectivity index (χ0n) is 11.2. The molecule has 0 saturated heterocycles. The molecule has 1 aliphatic heterocycles. The van der Waals surface area contributed by atoms with Gasteiger partial charge in [-0.1, -0.05) is 6.07 Å². The average Bonchev–Trinajstić information content (AvgIpc) is 2.38. The van der Waals surface area contributed by atoms with Gasteiger partial charge in [-0.05, 0) is 38.5 Å². The van der Waals surface area contributed by atoms with Crippen LogP contribution >= 0.6 is 0 Å². The SMILES string of the molecule is CC1Oc2ccc(C(N)C(C)(C)C#N)cc2NC1=O. The van der Waals surface area contributed by atoms with E-state index in [0.29, 0.717) is 11.4 Å². The van der Waals surface area contributed by atoms with Crippen LogP contribution in [0.25, 0.3) is 0 Å². The molecule has 2 rings (SSSR count). The minimum Gasteiger partial charge on any atom is -0.479 e. The molecule has 5 heteroatoms. The van der Waals surface area contributed by atoms with Gasteiger partial charge in [0, 0.05) is 6.04 Å². The molecule has 1 amide bonds. The topological polar surface area (TPSA) is 88.1 Å². The number of nitrogens with zero attached hydrogens (tertiary/aromatic N) is 1. The average molecular weight is 259 g/mol. The van der Waals surface area contributed by atoms with E-state index in [0.717, 1.165) is 5.56 Å². The number of ether oxygens (including phenoxy) is 1. The van der Waals surface area contributed by atoms with Gasteiger partial charge in [0.2, 0.25) is 0 Å². The van der Waals surface area contributed by atoms with Crippen LogP contribution in [0.5, 0.6) is 5.75 Å². The van der Waals surface area contributed by atoms with E-state index in [1.165, 1.54) is 0 Å². The number of anilines is 1. The summed E-state index contributed by atoms with van der Waals surface area (Å²) in [6, 6.07) is 7.13. The Balaban J connectivity index is 2.35. The van der Waals surface area contributed by atoms with Crippen LogP contribution < -0.4 is 15.8 Å². The lowest BCUT2D eigenvalue weighted by atomic mass is 9.82. The Bertz CT molecular complexity index is 560. The molecule has 3 N–H and O–H groups in total. The van der Waals surface area contributed by atoms with Crippen molar-refractivity contribution in [1.82, 2.24) is 0 Å². The molecule has 19 heavy (non-hydrogen) atoms. The van der Waals surface area contributed by atoms with Crippen LogP contribution in [0.15, 0.2) is 18.2 Å². The Morgan fingerprint density at radius 2 is 2.21 bits per heavy atom. The number of nitrogens with two attached hydrogens (primary N) is 1. The lowest BCUT2D eigenvalue weighted by Crippen LogP contribution is -2.34. The van der Waals surface area contributed by atoms with E-state index < -0.39 is 17.6 Å². The Morgan fingerprint density at radius 1 is 1.53 bits per heavy atom. The fraction of sp³-hybridized carbons (Fsp3) is 0.429. The van der Waals surface area contributed by atoms with Crippen LogP contribution in [-0.2, 0) is 4.79 Å². The first-order valence-electron chi connectivity index (χ1n) is 6.13. The lowest BCUT2D eigenvalue weighted by Gasteiger charge is -2.27. The number of benzene rings is 1. The van der Waals surface area contributed by atoms with Crippen molar-refractivity contribution in [3.05, 3.63) is 23.8 Å². The van der Waals surface area contributed by atoms with Crippen LogP contribution in [-0.4, -0.2) is 12.0 Å². The lowest BCUT2D eigenvalue weighted by molar-refractivity contribution is -0.122. The van der Waals surface area contributed by atoms with Crippen molar-refractivity contribution in [3.63, 3.8) is 0 Å². The number of carbonyl (C=O) groups excluding carboxylic acids is 1. The van der Waals surface area contributed by atoms with Gasteiger partial charge in [-0.3, -0.25) is 4.79 Å². The molecule has 2 unspecified atom stereocenters.